The predicted molar refractivity (Wildman–Crippen MR) is 92.3 cm³/mol. The van der Waals surface area contributed by atoms with Gasteiger partial charge in [0.2, 0.25) is 0 Å². The minimum Gasteiger partial charge on any atom is -0.465 e. The van der Waals surface area contributed by atoms with Crippen LogP contribution >= 0.6 is 0 Å². The lowest BCUT2D eigenvalue weighted by molar-refractivity contribution is -0.158. The van der Waals surface area contributed by atoms with Gasteiger partial charge in [-0.2, -0.15) is 0 Å². The SMILES string of the molecule is CCOC(=O)[C@H]1C(=O)Oc2ccccc2[C@@H]1c1c[nH]c2ccccc12. The highest BCUT2D eigenvalue weighted by molar-refractivity contribution is 6.00. The number of hydrogen-bond acceptors (Lipinski definition) is 4. The molecule has 4 rings (SSSR count). The molecule has 25 heavy (non-hydrogen) atoms. The zero-order valence-electron chi connectivity index (χ0n) is 13.7. The lowest BCUT2D eigenvalue weighted by Gasteiger charge is -2.30. The van der Waals surface area contributed by atoms with Crippen LogP contribution in [0, 0.1) is 5.92 Å². The van der Waals surface area contributed by atoms with E-state index in [1.54, 1.807) is 13.0 Å². The molecule has 3 aromatic rings. The van der Waals surface area contributed by atoms with Gasteiger partial charge in [-0.25, -0.2) is 0 Å². The lowest BCUT2D eigenvalue weighted by Crippen LogP contribution is -2.38. The van der Waals surface area contributed by atoms with Crippen LogP contribution in [0.4, 0.5) is 0 Å². The van der Waals surface area contributed by atoms with Gasteiger partial charge in [0.1, 0.15) is 5.75 Å². The third-order valence-electron chi connectivity index (χ3n) is 4.55. The summed E-state index contributed by atoms with van der Waals surface area (Å²) in [5, 5.41) is 0.978. The van der Waals surface area contributed by atoms with Crippen LogP contribution in [-0.2, 0) is 14.3 Å². The van der Waals surface area contributed by atoms with Gasteiger partial charge in [-0.3, -0.25) is 9.59 Å². The van der Waals surface area contributed by atoms with Gasteiger partial charge in [0.25, 0.3) is 0 Å². The number of fused-ring (bicyclic) bond motifs is 2. The van der Waals surface area contributed by atoms with E-state index >= 15 is 0 Å². The first-order chi connectivity index (χ1) is 12.2. The number of aromatic nitrogens is 1. The van der Waals surface area contributed by atoms with Crippen LogP contribution in [0.3, 0.4) is 0 Å². The number of carbonyl (C=O) groups excluding carboxylic acids is 2. The first kappa shape index (κ1) is 15.4. The minimum absolute atomic E-state index is 0.213. The van der Waals surface area contributed by atoms with Crippen molar-refractivity contribution in [1.82, 2.24) is 4.98 Å². The summed E-state index contributed by atoms with van der Waals surface area (Å²) in [6.07, 6.45) is 1.86. The molecule has 5 nitrogen and oxygen atoms in total. The van der Waals surface area contributed by atoms with Crippen molar-refractivity contribution in [3.05, 3.63) is 65.9 Å². The van der Waals surface area contributed by atoms with E-state index in [9.17, 15) is 9.59 Å². The molecule has 2 aromatic carbocycles. The summed E-state index contributed by atoms with van der Waals surface area (Å²) >= 11 is 0. The monoisotopic (exact) mass is 335 g/mol. The number of rotatable bonds is 3. The van der Waals surface area contributed by atoms with Crippen molar-refractivity contribution in [2.45, 2.75) is 12.8 Å². The highest BCUT2D eigenvalue weighted by Gasteiger charge is 2.45. The Morgan fingerprint density at radius 3 is 2.72 bits per heavy atom. The Kier molecular flexibility index (Phi) is 3.76. The summed E-state index contributed by atoms with van der Waals surface area (Å²) < 4.78 is 10.6. The van der Waals surface area contributed by atoms with E-state index in [-0.39, 0.29) is 6.61 Å². The molecule has 0 radical (unpaired) electrons. The molecule has 2 heterocycles. The molecule has 0 saturated carbocycles. The number of benzene rings is 2. The fourth-order valence-corrected chi connectivity index (χ4v) is 3.48. The van der Waals surface area contributed by atoms with Gasteiger partial charge in [0.05, 0.1) is 6.61 Å². The van der Waals surface area contributed by atoms with E-state index in [1.807, 2.05) is 48.7 Å². The lowest BCUT2D eigenvalue weighted by atomic mass is 9.78. The smallest absolute Gasteiger partial charge is 0.326 e. The maximum absolute atomic E-state index is 12.6. The fraction of sp³-hybridized carbons (Fsp3) is 0.200. The molecule has 0 aliphatic carbocycles. The van der Waals surface area contributed by atoms with Gasteiger partial charge >= 0.3 is 11.9 Å². The Balaban J connectivity index is 1.93. The number of hydrogen-bond donors (Lipinski definition) is 1. The molecule has 0 saturated heterocycles. The van der Waals surface area contributed by atoms with Gasteiger partial charge in [-0.15, -0.1) is 0 Å². The zero-order valence-corrected chi connectivity index (χ0v) is 13.7. The summed E-state index contributed by atoms with van der Waals surface area (Å²) in [7, 11) is 0. The minimum atomic E-state index is -1.02. The van der Waals surface area contributed by atoms with Crippen molar-refractivity contribution in [2.24, 2.45) is 5.92 Å². The van der Waals surface area contributed by atoms with Crippen molar-refractivity contribution >= 4 is 22.8 Å². The maximum atomic E-state index is 12.6. The highest BCUT2D eigenvalue weighted by atomic mass is 16.6. The molecule has 0 fully saturated rings. The second-order valence-electron chi connectivity index (χ2n) is 5.96. The van der Waals surface area contributed by atoms with Gasteiger partial charge < -0.3 is 14.5 Å². The van der Waals surface area contributed by atoms with Crippen molar-refractivity contribution in [3.8, 4) is 5.75 Å². The number of carbonyl (C=O) groups is 2. The number of H-pyrrole nitrogens is 1. The summed E-state index contributed by atoms with van der Waals surface area (Å²) in [4.78, 5) is 28.3. The van der Waals surface area contributed by atoms with Crippen molar-refractivity contribution in [2.75, 3.05) is 6.61 Å². The van der Waals surface area contributed by atoms with Crippen molar-refractivity contribution in [3.63, 3.8) is 0 Å². The van der Waals surface area contributed by atoms with Crippen LogP contribution < -0.4 is 4.74 Å². The zero-order chi connectivity index (χ0) is 17.4. The van der Waals surface area contributed by atoms with Gasteiger partial charge in [0, 0.05) is 28.6 Å². The second-order valence-corrected chi connectivity index (χ2v) is 5.96. The van der Waals surface area contributed by atoms with Crippen molar-refractivity contribution in [1.29, 1.82) is 0 Å². The third kappa shape index (κ3) is 2.48. The molecule has 126 valence electrons. The molecule has 1 aliphatic rings. The van der Waals surface area contributed by atoms with Gasteiger partial charge in [-0.1, -0.05) is 36.4 Å². The summed E-state index contributed by atoms with van der Waals surface area (Å²) in [6, 6.07) is 15.1. The molecule has 0 unspecified atom stereocenters. The number of esters is 2. The molecule has 0 spiro atoms. The van der Waals surface area contributed by atoms with Crippen LogP contribution in [-0.4, -0.2) is 23.5 Å². The van der Waals surface area contributed by atoms with E-state index in [4.69, 9.17) is 9.47 Å². The molecule has 1 aliphatic heterocycles. The molecule has 5 heteroatoms. The number of para-hydroxylation sites is 2. The van der Waals surface area contributed by atoms with Gasteiger partial charge in [0.15, 0.2) is 5.92 Å². The average molecular weight is 335 g/mol. The molecule has 1 aromatic heterocycles. The van der Waals surface area contributed by atoms with E-state index in [1.165, 1.54) is 0 Å². The number of ether oxygens (including phenoxy) is 2. The molecule has 1 N–H and O–H groups in total. The van der Waals surface area contributed by atoms with E-state index in [0.717, 1.165) is 22.0 Å². The Hall–Kier alpha value is -3.08. The van der Waals surface area contributed by atoms with Crippen molar-refractivity contribution < 1.29 is 19.1 Å². The maximum Gasteiger partial charge on any atom is 0.326 e. The Bertz CT molecular complexity index is 959. The molecule has 0 bridgehead atoms. The average Bonchev–Trinajstić information content (AvgIpc) is 3.04. The molecular formula is C20H17NO4. The quantitative estimate of drug-likeness (QED) is 0.452. The van der Waals surface area contributed by atoms with Crippen LogP contribution in [0.15, 0.2) is 54.7 Å². The van der Waals surface area contributed by atoms with E-state index in [0.29, 0.717) is 5.75 Å². The Morgan fingerprint density at radius 2 is 1.88 bits per heavy atom. The van der Waals surface area contributed by atoms with E-state index in [2.05, 4.69) is 4.98 Å². The predicted octanol–water partition coefficient (Wildman–Crippen LogP) is 3.40. The standard InChI is InChI=1S/C20H17NO4/c1-2-24-19(22)18-17(13-8-4-6-10-16(13)25-20(18)23)14-11-21-15-9-5-3-7-12(14)15/h3-11,17-18,21H,2H2,1H3/t17-,18+/m1/s1. The van der Waals surface area contributed by atoms with Crippen LogP contribution in [0.2, 0.25) is 0 Å². The number of nitrogens with one attached hydrogen (secondary N) is 1. The molecule has 2 atom stereocenters. The Morgan fingerprint density at radius 1 is 1.12 bits per heavy atom. The largest absolute Gasteiger partial charge is 0.465 e. The van der Waals surface area contributed by atoms with Crippen LogP contribution in [0.25, 0.3) is 10.9 Å². The molecular weight excluding hydrogens is 318 g/mol. The first-order valence-electron chi connectivity index (χ1n) is 8.24. The second kappa shape index (κ2) is 6.09. The normalized spacial score (nSPS) is 19.3. The van der Waals surface area contributed by atoms with Crippen LogP contribution in [0.1, 0.15) is 24.0 Å². The summed E-state index contributed by atoms with van der Waals surface area (Å²) in [5.74, 6) is -2.12. The first-order valence-corrected chi connectivity index (χ1v) is 8.24. The topological polar surface area (TPSA) is 68.4 Å². The summed E-state index contributed by atoms with van der Waals surface area (Å²) in [6.45, 7) is 1.94. The van der Waals surface area contributed by atoms with Crippen LogP contribution in [0.5, 0.6) is 5.75 Å². The van der Waals surface area contributed by atoms with E-state index < -0.39 is 23.8 Å². The number of aromatic amines is 1. The highest BCUT2D eigenvalue weighted by Crippen LogP contribution is 2.44. The summed E-state index contributed by atoms with van der Waals surface area (Å²) in [5.41, 5.74) is 2.65. The fourth-order valence-electron chi connectivity index (χ4n) is 3.48. The third-order valence-corrected chi connectivity index (χ3v) is 4.55. The van der Waals surface area contributed by atoms with Gasteiger partial charge in [-0.05, 0) is 24.6 Å². The Labute approximate surface area is 144 Å². The molecule has 0 amide bonds.